The topological polar surface area (TPSA) is 66.2 Å². The summed E-state index contributed by atoms with van der Waals surface area (Å²) >= 11 is 0. The zero-order valence-corrected chi connectivity index (χ0v) is 14.3. The van der Waals surface area contributed by atoms with Crippen LogP contribution in [-0.2, 0) is 20.1 Å². The second-order valence-corrected chi connectivity index (χ2v) is 6.45. The van der Waals surface area contributed by atoms with Crippen LogP contribution >= 0.6 is 0 Å². The highest BCUT2D eigenvalue weighted by Gasteiger charge is 2.19. The summed E-state index contributed by atoms with van der Waals surface area (Å²) in [7, 11) is 1.67. The van der Waals surface area contributed by atoms with Crippen LogP contribution in [-0.4, -0.2) is 23.1 Å². The lowest BCUT2D eigenvalue weighted by molar-refractivity contribution is 0.488. The van der Waals surface area contributed by atoms with Gasteiger partial charge in [0.2, 0.25) is 5.78 Å². The third-order valence-corrected chi connectivity index (χ3v) is 4.39. The van der Waals surface area contributed by atoms with Gasteiger partial charge < -0.3 is 4.57 Å². The normalized spacial score (nSPS) is 12.1. The molecule has 0 aliphatic rings. The molecule has 0 aliphatic heterocycles. The average Bonchev–Trinajstić information content (AvgIpc) is 2.99. The number of aromatic nitrogens is 5. The van der Waals surface area contributed by atoms with Gasteiger partial charge >= 0.3 is 5.69 Å². The van der Waals surface area contributed by atoms with Crippen molar-refractivity contribution >= 4 is 16.9 Å². The van der Waals surface area contributed by atoms with E-state index in [1.54, 1.807) is 7.05 Å². The molecule has 0 saturated carbocycles. The summed E-state index contributed by atoms with van der Waals surface area (Å²) < 4.78 is 6.64. The van der Waals surface area contributed by atoms with Crippen LogP contribution in [0.5, 0.6) is 0 Å². The molecular formula is C16H23N5O2. The molecule has 3 heterocycles. The van der Waals surface area contributed by atoms with Crippen LogP contribution < -0.4 is 11.2 Å². The van der Waals surface area contributed by atoms with Gasteiger partial charge in [0.15, 0.2) is 11.2 Å². The highest BCUT2D eigenvalue weighted by molar-refractivity contribution is 5.75. The lowest BCUT2D eigenvalue weighted by Gasteiger charge is -2.09. The molecule has 3 rings (SSSR count). The number of hydrogen-bond donors (Lipinski definition) is 0. The van der Waals surface area contributed by atoms with Crippen LogP contribution in [0.2, 0.25) is 0 Å². The Morgan fingerprint density at radius 2 is 1.91 bits per heavy atom. The molecule has 0 bridgehead atoms. The van der Waals surface area contributed by atoms with Crippen molar-refractivity contribution in [1.82, 2.24) is 23.1 Å². The van der Waals surface area contributed by atoms with E-state index in [0.29, 0.717) is 29.4 Å². The van der Waals surface area contributed by atoms with Gasteiger partial charge in [0.05, 0.1) is 0 Å². The Balaban J connectivity index is 2.38. The fraction of sp³-hybridized carbons (Fsp3) is 0.562. The molecule has 0 fully saturated rings. The number of aryl methyl sites for hydroxylation is 3. The Labute approximate surface area is 133 Å². The van der Waals surface area contributed by atoms with Crippen molar-refractivity contribution < 1.29 is 0 Å². The van der Waals surface area contributed by atoms with Crippen molar-refractivity contribution in [3.63, 3.8) is 0 Å². The molecule has 0 atom stereocenters. The minimum absolute atomic E-state index is 0.260. The first-order valence-corrected chi connectivity index (χ1v) is 8.04. The van der Waals surface area contributed by atoms with Crippen LogP contribution in [0.25, 0.3) is 16.9 Å². The minimum atomic E-state index is -0.302. The lowest BCUT2D eigenvalue weighted by Crippen LogP contribution is -2.39. The largest absolute Gasteiger partial charge is 0.332 e. The summed E-state index contributed by atoms with van der Waals surface area (Å²) in [6.45, 7) is 9.38. The zero-order chi connectivity index (χ0) is 16.9. The maximum Gasteiger partial charge on any atom is 0.332 e. The number of nitrogens with zero attached hydrogens (tertiary/aromatic N) is 5. The highest BCUT2D eigenvalue weighted by Crippen LogP contribution is 2.16. The van der Waals surface area contributed by atoms with E-state index < -0.39 is 0 Å². The van der Waals surface area contributed by atoms with E-state index in [-0.39, 0.29) is 11.2 Å². The first-order chi connectivity index (χ1) is 10.9. The first-order valence-electron chi connectivity index (χ1n) is 8.04. The molecule has 0 unspecified atom stereocenters. The summed E-state index contributed by atoms with van der Waals surface area (Å²) in [6, 6.07) is 0. The van der Waals surface area contributed by atoms with Gasteiger partial charge in [-0.3, -0.25) is 18.3 Å². The number of hydrogen-bond acceptors (Lipinski definition) is 3. The molecule has 3 aromatic rings. The van der Waals surface area contributed by atoms with Crippen LogP contribution in [0.4, 0.5) is 0 Å². The van der Waals surface area contributed by atoms with Gasteiger partial charge in [0.25, 0.3) is 5.56 Å². The Morgan fingerprint density at radius 1 is 1.22 bits per heavy atom. The molecule has 23 heavy (non-hydrogen) atoms. The third kappa shape index (κ3) is 2.22. The van der Waals surface area contributed by atoms with Crippen LogP contribution in [0, 0.1) is 12.8 Å². The average molecular weight is 317 g/mol. The SMILES string of the molecule is CCn1c(C)cn2c3c(=O)n(CCC(C)C)c(=O)n(C)c3nc12. The highest BCUT2D eigenvalue weighted by atomic mass is 16.2. The quantitative estimate of drug-likeness (QED) is 0.733. The summed E-state index contributed by atoms with van der Waals surface area (Å²) in [5.74, 6) is 1.13. The predicted octanol–water partition coefficient (Wildman–Crippen LogP) is 1.52. The standard InChI is InChI=1S/C16H23N5O2/c1-6-19-11(4)9-21-12-13(17-15(19)21)18(5)16(23)20(14(12)22)8-7-10(2)3/h9-10H,6-8H2,1-5H3. The van der Waals surface area contributed by atoms with Gasteiger partial charge in [-0.25, -0.2) is 4.79 Å². The summed E-state index contributed by atoms with van der Waals surface area (Å²) in [4.78, 5) is 29.9. The first kappa shape index (κ1) is 15.6. The summed E-state index contributed by atoms with van der Waals surface area (Å²) in [5, 5.41) is 0. The fourth-order valence-corrected chi connectivity index (χ4v) is 3.03. The van der Waals surface area contributed by atoms with E-state index in [1.807, 2.05) is 29.0 Å². The molecule has 0 aromatic carbocycles. The number of fused-ring (bicyclic) bond motifs is 3. The molecule has 0 N–H and O–H groups in total. The molecule has 0 radical (unpaired) electrons. The van der Waals surface area contributed by atoms with Crippen LogP contribution in [0.3, 0.4) is 0 Å². The maximum absolute atomic E-state index is 12.9. The molecule has 3 aromatic heterocycles. The molecule has 0 saturated heterocycles. The molecule has 124 valence electrons. The molecule has 7 nitrogen and oxygen atoms in total. The Kier molecular flexibility index (Phi) is 3.66. The molecular weight excluding hydrogens is 294 g/mol. The van der Waals surface area contributed by atoms with Crippen molar-refractivity contribution in [2.75, 3.05) is 0 Å². The number of imidazole rings is 2. The van der Waals surface area contributed by atoms with Crippen LogP contribution in [0.1, 0.15) is 32.9 Å². The second kappa shape index (κ2) is 5.40. The monoisotopic (exact) mass is 317 g/mol. The van der Waals surface area contributed by atoms with Gasteiger partial charge in [-0.05, 0) is 26.2 Å². The van der Waals surface area contributed by atoms with Crippen LogP contribution in [0.15, 0.2) is 15.8 Å². The van der Waals surface area contributed by atoms with Gasteiger partial charge in [0.1, 0.15) is 0 Å². The second-order valence-electron chi connectivity index (χ2n) is 6.45. The third-order valence-electron chi connectivity index (χ3n) is 4.39. The molecule has 7 heteroatoms. The Hall–Kier alpha value is -2.31. The maximum atomic E-state index is 12.9. The van der Waals surface area contributed by atoms with E-state index in [1.165, 1.54) is 9.13 Å². The van der Waals surface area contributed by atoms with Gasteiger partial charge in [-0.15, -0.1) is 0 Å². The molecule has 0 spiro atoms. The predicted molar refractivity (Wildman–Crippen MR) is 90.1 cm³/mol. The van der Waals surface area contributed by atoms with Gasteiger partial charge in [-0.2, -0.15) is 4.98 Å². The van der Waals surface area contributed by atoms with Crippen molar-refractivity contribution in [1.29, 1.82) is 0 Å². The number of rotatable bonds is 4. The van der Waals surface area contributed by atoms with E-state index >= 15 is 0 Å². The lowest BCUT2D eigenvalue weighted by atomic mass is 10.1. The Morgan fingerprint density at radius 3 is 2.52 bits per heavy atom. The van der Waals surface area contributed by atoms with Crippen molar-refractivity contribution in [2.45, 2.75) is 47.2 Å². The Bertz CT molecular complexity index is 1000. The molecule has 0 amide bonds. The summed E-state index contributed by atoms with van der Waals surface area (Å²) in [6.07, 6.45) is 2.70. The molecule has 0 aliphatic carbocycles. The van der Waals surface area contributed by atoms with Crippen molar-refractivity contribution in [3.8, 4) is 0 Å². The van der Waals surface area contributed by atoms with E-state index in [4.69, 9.17) is 0 Å². The smallest absolute Gasteiger partial charge is 0.314 e. The van der Waals surface area contributed by atoms with E-state index in [0.717, 1.165) is 18.7 Å². The van der Waals surface area contributed by atoms with Crippen molar-refractivity contribution in [3.05, 3.63) is 32.7 Å². The van der Waals surface area contributed by atoms with Crippen molar-refractivity contribution in [2.24, 2.45) is 13.0 Å². The van der Waals surface area contributed by atoms with Gasteiger partial charge in [0, 0.05) is 32.0 Å². The minimum Gasteiger partial charge on any atom is -0.314 e. The van der Waals surface area contributed by atoms with Gasteiger partial charge in [-0.1, -0.05) is 13.8 Å². The van der Waals surface area contributed by atoms with E-state index in [2.05, 4.69) is 18.8 Å². The summed E-state index contributed by atoms with van der Waals surface area (Å²) in [5.41, 5.74) is 1.39. The zero-order valence-electron chi connectivity index (χ0n) is 14.3. The van der Waals surface area contributed by atoms with E-state index in [9.17, 15) is 9.59 Å². The fourth-order valence-electron chi connectivity index (χ4n) is 3.03.